The third-order valence-corrected chi connectivity index (χ3v) is 3.95. The lowest BCUT2D eigenvalue weighted by atomic mass is 10.1. The Kier molecular flexibility index (Phi) is 3.87. The fourth-order valence-electron chi connectivity index (χ4n) is 2.79. The van der Waals surface area contributed by atoms with Gasteiger partial charge in [0.2, 0.25) is 0 Å². The number of benzene rings is 1. The summed E-state index contributed by atoms with van der Waals surface area (Å²) in [6.07, 6.45) is 5.58. The number of hydrogen-bond acceptors (Lipinski definition) is 4. The SMILES string of the molecule is CC1CCC(n2cc(COc3cccc(C#N)c3)nn2)C1. The lowest BCUT2D eigenvalue weighted by molar-refractivity contribution is 0.301. The molecule has 1 fully saturated rings. The Labute approximate surface area is 124 Å². The van der Waals surface area contributed by atoms with Crippen molar-refractivity contribution in [3.63, 3.8) is 0 Å². The normalized spacial score (nSPS) is 21.1. The van der Waals surface area contributed by atoms with Crippen LogP contribution < -0.4 is 4.74 Å². The van der Waals surface area contributed by atoms with E-state index in [1.807, 2.05) is 23.0 Å². The van der Waals surface area contributed by atoms with Gasteiger partial charge in [0, 0.05) is 0 Å². The lowest BCUT2D eigenvalue weighted by Gasteiger charge is -2.08. The van der Waals surface area contributed by atoms with Crippen LogP contribution in [-0.2, 0) is 6.61 Å². The molecule has 1 aliphatic carbocycles. The van der Waals surface area contributed by atoms with E-state index >= 15 is 0 Å². The molecule has 0 bridgehead atoms. The first-order chi connectivity index (χ1) is 10.2. The third-order valence-electron chi connectivity index (χ3n) is 3.95. The van der Waals surface area contributed by atoms with E-state index in [1.54, 1.807) is 12.1 Å². The van der Waals surface area contributed by atoms with Crippen LogP contribution in [0.3, 0.4) is 0 Å². The molecule has 0 N–H and O–H groups in total. The van der Waals surface area contributed by atoms with Gasteiger partial charge in [-0.15, -0.1) is 5.10 Å². The van der Waals surface area contributed by atoms with Crippen LogP contribution in [0, 0.1) is 17.2 Å². The standard InChI is InChI=1S/C16H18N4O/c1-12-5-6-15(7-12)20-10-14(18-19-20)11-21-16-4-2-3-13(8-16)9-17/h2-4,8,10,12,15H,5-7,11H2,1H3. The smallest absolute Gasteiger partial charge is 0.134 e. The number of hydrogen-bond donors (Lipinski definition) is 0. The maximum absolute atomic E-state index is 8.86. The molecule has 1 aromatic heterocycles. The lowest BCUT2D eigenvalue weighted by Crippen LogP contribution is -2.05. The highest BCUT2D eigenvalue weighted by Gasteiger charge is 2.23. The molecule has 1 aliphatic rings. The van der Waals surface area contributed by atoms with Gasteiger partial charge in [0.05, 0.1) is 23.9 Å². The molecule has 1 heterocycles. The van der Waals surface area contributed by atoms with Crippen molar-refractivity contribution < 1.29 is 4.74 Å². The van der Waals surface area contributed by atoms with Gasteiger partial charge in [0.1, 0.15) is 18.1 Å². The first-order valence-corrected chi connectivity index (χ1v) is 7.28. The fourth-order valence-corrected chi connectivity index (χ4v) is 2.79. The maximum Gasteiger partial charge on any atom is 0.134 e. The van der Waals surface area contributed by atoms with Crippen LogP contribution in [0.15, 0.2) is 30.5 Å². The van der Waals surface area contributed by atoms with Crippen molar-refractivity contribution >= 4 is 0 Å². The molecule has 108 valence electrons. The van der Waals surface area contributed by atoms with Crippen LogP contribution >= 0.6 is 0 Å². The predicted octanol–water partition coefficient (Wildman–Crippen LogP) is 3.09. The number of ether oxygens (including phenoxy) is 1. The van der Waals surface area contributed by atoms with Gasteiger partial charge in [-0.05, 0) is 43.4 Å². The molecule has 1 aromatic carbocycles. The van der Waals surface area contributed by atoms with Crippen molar-refractivity contribution in [3.05, 3.63) is 41.7 Å². The Balaban J connectivity index is 1.61. The first kappa shape index (κ1) is 13.6. The minimum absolute atomic E-state index is 0.372. The predicted molar refractivity (Wildman–Crippen MR) is 77.6 cm³/mol. The van der Waals surface area contributed by atoms with Gasteiger partial charge in [-0.1, -0.05) is 18.2 Å². The highest BCUT2D eigenvalue weighted by Crippen LogP contribution is 2.33. The minimum atomic E-state index is 0.372. The van der Waals surface area contributed by atoms with Crippen molar-refractivity contribution in [2.75, 3.05) is 0 Å². The molecule has 0 radical (unpaired) electrons. The summed E-state index contributed by atoms with van der Waals surface area (Å²) in [7, 11) is 0. The van der Waals surface area contributed by atoms with Crippen molar-refractivity contribution in [2.45, 2.75) is 38.8 Å². The van der Waals surface area contributed by atoms with E-state index in [4.69, 9.17) is 10.00 Å². The van der Waals surface area contributed by atoms with Crippen molar-refractivity contribution in [3.8, 4) is 11.8 Å². The third kappa shape index (κ3) is 3.22. The number of rotatable bonds is 4. The highest BCUT2D eigenvalue weighted by molar-refractivity contribution is 5.36. The molecule has 2 aromatic rings. The Hall–Kier alpha value is -2.35. The number of nitriles is 1. The molecule has 2 atom stereocenters. The summed E-state index contributed by atoms with van der Waals surface area (Å²) in [6, 6.07) is 9.70. The second-order valence-corrected chi connectivity index (χ2v) is 5.69. The summed E-state index contributed by atoms with van der Waals surface area (Å²) in [5.74, 6) is 1.45. The largest absolute Gasteiger partial charge is 0.487 e. The second kappa shape index (κ2) is 5.96. The van der Waals surface area contributed by atoms with Crippen molar-refractivity contribution in [1.82, 2.24) is 15.0 Å². The summed E-state index contributed by atoms with van der Waals surface area (Å²) < 4.78 is 7.63. The molecular weight excluding hydrogens is 264 g/mol. The molecule has 1 saturated carbocycles. The average molecular weight is 282 g/mol. The zero-order valence-corrected chi connectivity index (χ0v) is 12.1. The Bertz CT molecular complexity index is 658. The zero-order valence-electron chi connectivity index (χ0n) is 12.1. The topological polar surface area (TPSA) is 63.7 Å². The molecule has 21 heavy (non-hydrogen) atoms. The number of nitrogens with zero attached hydrogens (tertiary/aromatic N) is 4. The molecular formula is C16H18N4O. The molecule has 5 nitrogen and oxygen atoms in total. The fraction of sp³-hybridized carbons (Fsp3) is 0.438. The molecule has 0 amide bonds. The van der Waals surface area contributed by atoms with E-state index in [9.17, 15) is 0 Å². The summed E-state index contributed by atoms with van der Waals surface area (Å²) in [4.78, 5) is 0. The molecule has 2 unspecified atom stereocenters. The molecule has 0 aliphatic heterocycles. The van der Waals surface area contributed by atoms with Gasteiger partial charge in [0.25, 0.3) is 0 Å². The number of aromatic nitrogens is 3. The molecule has 3 rings (SSSR count). The monoisotopic (exact) mass is 282 g/mol. The Morgan fingerprint density at radius 2 is 2.33 bits per heavy atom. The van der Waals surface area contributed by atoms with Crippen LogP contribution in [0.25, 0.3) is 0 Å². The van der Waals surface area contributed by atoms with Crippen LogP contribution in [0.4, 0.5) is 0 Å². The van der Waals surface area contributed by atoms with E-state index in [-0.39, 0.29) is 0 Å². The van der Waals surface area contributed by atoms with Crippen LogP contribution in [0.2, 0.25) is 0 Å². The van der Waals surface area contributed by atoms with Crippen molar-refractivity contribution in [1.29, 1.82) is 5.26 Å². The van der Waals surface area contributed by atoms with Gasteiger partial charge >= 0.3 is 0 Å². The molecule has 5 heteroatoms. The van der Waals surface area contributed by atoms with E-state index in [1.165, 1.54) is 19.3 Å². The van der Waals surface area contributed by atoms with Gasteiger partial charge < -0.3 is 4.74 Å². The Morgan fingerprint density at radius 3 is 3.10 bits per heavy atom. The van der Waals surface area contributed by atoms with E-state index < -0.39 is 0 Å². The van der Waals surface area contributed by atoms with Gasteiger partial charge in [-0.2, -0.15) is 5.26 Å². The highest BCUT2D eigenvalue weighted by atomic mass is 16.5. The summed E-state index contributed by atoms with van der Waals surface area (Å²) in [5, 5.41) is 17.2. The van der Waals surface area contributed by atoms with Crippen molar-refractivity contribution in [2.24, 2.45) is 5.92 Å². The van der Waals surface area contributed by atoms with E-state index in [2.05, 4.69) is 23.3 Å². The van der Waals surface area contributed by atoms with E-state index in [0.29, 0.717) is 24.0 Å². The maximum atomic E-state index is 8.86. The summed E-state index contributed by atoms with van der Waals surface area (Å²) in [5.41, 5.74) is 1.41. The van der Waals surface area contributed by atoms with Gasteiger partial charge in [-0.25, -0.2) is 4.68 Å². The van der Waals surface area contributed by atoms with Gasteiger partial charge in [0.15, 0.2) is 0 Å². The summed E-state index contributed by atoms with van der Waals surface area (Å²) in [6.45, 7) is 2.65. The van der Waals surface area contributed by atoms with Gasteiger partial charge in [-0.3, -0.25) is 0 Å². The quantitative estimate of drug-likeness (QED) is 0.864. The van der Waals surface area contributed by atoms with Crippen LogP contribution in [0.1, 0.15) is 43.5 Å². The molecule has 0 spiro atoms. The zero-order chi connectivity index (χ0) is 14.7. The molecule has 0 saturated heterocycles. The van der Waals surface area contributed by atoms with Crippen LogP contribution in [0.5, 0.6) is 5.75 Å². The Morgan fingerprint density at radius 1 is 1.43 bits per heavy atom. The minimum Gasteiger partial charge on any atom is -0.487 e. The summed E-state index contributed by atoms with van der Waals surface area (Å²) >= 11 is 0. The first-order valence-electron chi connectivity index (χ1n) is 7.28. The average Bonchev–Trinajstić information content (AvgIpc) is 3.14. The van der Waals surface area contributed by atoms with Crippen LogP contribution in [-0.4, -0.2) is 15.0 Å². The van der Waals surface area contributed by atoms with E-state index in [0.717, 1.165) is 11.6 Å². The second-order valence-electron chi connectivity index (χ2n) is 5.69.